The molecule has 11 heteroatoms. The Labute approximate surface area is 200 Å². The summed E-state index contributed by atoms with van der Waals surface area (Å²) >= 11 is 0. The van der Waals surface area contributed by atoms with Crippen LogP contribution in [-0.4, -0.2) is 30.9 Å². The second kappa shape index (κ2) is 9.18. The van der Waals surface area contributed by atoms with Crippen LogP contribution in [0, 0.1) is 0 Å². The van der Waals surface area contributed by atoms with Crippen molar-refractivity contribution in [2.75, 3.05) is 16.6 Å². The number of nitrogens with zero attached hydrogens (tertiary/aromatic N) is 2. The van der Waals surface area contributed by atoms with Crippen molar-refractivity contribution < 1.29 is 22.4 Å². The van der Waals surface area contributed by atoms with Crippen LogP contribution in [0.2, 0.25) is 0 Å². The molecule has 0 saturated heterocycles. The minimum atomic E-state index is -3.87. The van der Waals surface area contributed by atoms with Gasteiger partial charge >= 0.3 is 5.63 Å². The van der Waals surface area contributed by atoms with Crippen molar-refractivity contribution >= 4 is 38.5 Å². The maximum Gasteiger partial charge on any atom is 0.339 e. The number of hydrogen-bond acceptors (Lipinski definition) is 8. The Morgan fingerprint density at radius 1 is 1.03 bits per heavy atom. The highest BCUT2D eigenvalue weighted by molar-refractivity contribution is 7.92. The normalized spacial score (nSPS) is 12.8. The van der Waals surface area contributed by atoms with Crippen LogP contribution in [0.5, 0.6) is 5.75 Å². The first-order valence-corrected chi connectivity index (χ1v) is 12.3. The van der Waals surface area contributed by atoms with Crippen molar-refractivity contribution in [3.05, 3.63) is 82.5 Å². The third-order valence-electron chi connectivity index (χ3n) is 5.55. The summed E-state index contributed by atoms with van der Waals surface area (Å²) in [5.74, 6) is -0.0873. The molecule has 1 aliphatic carbocycles. The van der Waals surface area contributed by atoms with Crippen LogP contribution in [0.4, 0.5) is 11.6 Å². The van der Waals surface area contributed by atoms with Gasteiger partial charge in [-0.1, -0.05) is 0 Å². The molecule has 35 heavy (non-hydrogen) atoms. The molecule has 0 fully saturated rings. The van der Waals surface area contributed by atoms with Crippen LogP contribution < -0.4 is 20.4 Å². The topological polar surface area (TPSA) is 140 Å². The number of nitrogens with one attached hydrogen (secondary N) is 2. The van der Waals surface area contributed by atoms with Gasteiger partial charge in [-0.25, -0.2) is 27.9 Å². The predicted molar refractivity (Wildman–Crippen MR) is 128 cm³/mol. The molecule has 1 amide bonds. The summed E-state index contributed by atoms with van der Waals surface area (Å²) in [4.78, 5) is 32.1. The highest BCUT2D eigenvalue weighted by Crippen LogP contribution is 2.29. The number of rotatable bonds is 7. The molecule has 0 unspecified atom stereocenters. The van der Waals surface area contributed by atoms with E-state index in [-0.39, 0.29) is 23.1 Å². The van der Waals surface area contributed by atoms with Crippen molar-refractivity contribution in [2.45, 2.75) is 24.2 Å². The van der Waals surface area contributed by atoms with Crippen molar-refractivity contribution in [2.24, 2.45) is 0 Å². The Hall–Kier alpha value is -4.25. The number of aromatic nitrogens is 2. The molecule has 1 aliphatic rings. The molecule has 0 radical (unpaired) electrons. The van der Waals surface area contributed by atoms with Crippen molar-refractivity contribution in [3.63, 3.8) is 0 Å². The molecule has 5 rings (SSSR count). The molecule has 0 spiro atoms. The Morgan fingerprint density at radius 3 is 2.54 bits per heavy atom. The number of ether oxygens (including phenoxy) is 1. The molecular formula is C24H20N4O6S. The number of carbonyl (C=O) groups is 1. The lowest BCUT2D eigenvalue weighted by atomic mass is 10.1. The van der Waals surface area contributed by atoms with Gasteiger partial charge in [0, 0.05) is 35.1 Å². The fourth-order valence-electron chi connectivity index (χ4n) is 3.95. The minimum Gasteiger partial charge on any atom is -0.484 e. The Bertz CT molecular complexity index is 1570. The second-order valence-corrected chi connectivity index (χ2v) is 9.58. The lowest BCUT2D eigenvalue weighted by Gasteiger charge is -2.10. The first-order valence-electron chi connectivity index (χ1n) is 10.8. The molecule has 0 bridgehead atoms. The number of amides is 1. The molecule has 2 aromatic heterocycles. The Balaban J connectivity index is 1.21. The highest BCUT2D eigenvalue weighted by atomic mass is 32.2. The van der Waals surface area contributed by atoms with Crippen molar-refractivity contribution in [1.29, 1.82) is 0 Å². The van der Waals surface area contributed by atoms with Gasteiger partial charge < -0.3 is 14.5 Å². The molecule has 10 nitrogen and oxygen atoms in total. The highest BCUT2D eigenvalue weighted by Gasteiger charge is 2.20. The quantitative estimate of drug-likeness (QED) is 0.375. The number of aryl methyl sites for hydroxylation is 1. The zero-order valence-corrected chi connectivity index (χ0v) is 19.2. The fraction of sp³-hybridized carbons (Fsp3) is 0.167. The molecule has 2 heterocycles. The van der Waals surface area contributed by atoms with Gasteiger partial charge in [-0.15, -0.1) is 0 Å². The van der Waals surface area contributed by atoms with E-state index in [9.17, 15) is 18.0 Å². The van der Waals surface area contributed by atoms with Crippen molar-refractivity contribution in [3.8, 4) is 5.75 Å². The molecule has 178 valence electrons. The van der Waals surface area contributed by atoms with Gasteiger partial charge in [-0.2, -0.15) is 0 Å². The van der Waals surface area contributed by atoms with Crippen molar-refractivity contribution in [1.82, 2.24) is 9.97 Å². The lowest BCUT2D eigenvalue weighted by Crippen LogP contribution is -2.20. The fourth-order valence-corrected chi connectivity index (χ4v) is 4.91. The largest absolute Gasteiger partial charge is 0.484 e. The SMILES string of the molecule is O=C(COc1ccc2c3c(c(=O)oc2c1)CCC3)Nc1ccc(S(=O)(=O)Nc2ncccn2)cc1. The summed E-state index contributed by atoms with van der Waals surface area (Å²) < 4.78 is 38.2. The van der Waals surface area contributed by atoms with Gasteiger partial charge in [0.05, 0.1) is 4.90 Å². The molecule has 0 saturated carbocycles. The van der Waals surface area contributed by atoms with Gasteiger partial charge in [0.25, 0.3) is 15.9 Å². The average molecular weight is 493 g/mol. The maximum atomic E-state index is 12.4. The third kappa shape index (κ3) is 4.85. The summed E-state index contributed by atoms with van der Waals surface area (Å²) in [6.07, 6.45) is 5.35. The Morgan fingerprint density at radius 2 is 1.77 bits per heavy atom. The number of anilines is 2. The minimum absolute atomic E-state index is 0.0108. The smallest absolute Gasteiger partial charge is 0.339 e. The van der Waals surface area contributed by atoms with Gasteiger partial charge in [0.2, 0.25) is 5.95 Å². The van der Waals surface area contributed by atoms with E-state index in [1.165, 1.54) is 36.7 Å². The first kappa shape index (κ1) is 22.5. The standard InChI is InChI=1S/C24H20N4O6S/c29-22(14-33-16-7-10-19-18-3-1-4-20(18)23(30)34-21(19)13-16)27-15-5-8-17(9-6-15)35(31,32)28-24-25-11-2-12-26-24/h2,5-13H,1,3-4,14H2,(H,27,29)(H,25,26,28). The summed E-state index contributed by atoms with van der Waals surface area (Å²) in [6.45, 7) is -0.284. The van der Waals surface area contributed by atoms with E-state index in [2.05, 4.69) is 20.0 Å². The number of carbonyl (C=O) groups excluding carboxylic acids is 1. The van der Waals surface area contributed by atoms with E-state index in [1.807, 2.05) is 6.07 Å². The molecule has 0 atom stereocenters. The Kier molecular flexibility index (Phi) is 5.91. The van der Waals surface area contributed by atoms with E-state index in [4.69, 9.17) is 9.15 Å². The second-order valence-electron chi connectivity index (χ2n) is 7.90. The van der Waals surface area contributed by atoms with E-state index >= 15 is 0 Å². The van der Waals surface area contributed by atoms with Gasteiger partial charge in [-0.3, -0.25) is 4.79 Å². The van der Waals surface area contributed by atoms with Gasteiger partial charge in [0.1, 0.15) is 11.3 Å². The van der Waals surface area contributed by atoms with E-state index in [0.29, 0.717) is 17.0 Å². The summed E-state index contributed by atoms with van der Waals surface area (Å²) in [7, 11) is -3.87. The zero-order valence-electron chi connectivity index (χ0n) is 18.4. The number of hydrogen-bond donors (Lipinski definition) is 2. The van der Waals surface area contributed by atoms with Crippen LogP contribution in [0.1, 0.15) is 17.5 Å². The molecule has 2 aromatic carbocycles. The van der Waals surface area contributed by atoms with Gasteiger partial charge in [0.15, 0.2) is 6.61 Å². The lowest BCUT2D eigenvalue weighted by molar-refractivity contribution is -0.118. The van der Waals surface area contributed by atoms with Crippen LogP contribution >= 0.6 is 0 Å². The number of benzene rings is 2. The number of fused-ring (bicyclic) bond motifs is 3. The summed E-state index contributed by atoms with van der Waals surface area (Å²) in [5.41, 5.74) is 2.27. The monoisotopic (exact) mass is 492 g/mol. The number of sulfonamides is 1. The van der Waals surface area contributed by atoms with E-state index in [0.717, 1.165) is 35.8 Å². The van der Waals surface area contributed by atoms with Crippen LogP contribution in [0.3, 0.4) is 0 Å². The molecule has 2 N–H and O–H groups in total. The average Bonchev–Trinajstić information content (AvgIpc) is 3.34. The zero-order chi connectivity index (χ0) is 24.4. The van der Waals surface area contributed by atoms with Gasteiger partial charge in [-0.05, 0) is 67.3 Å². The van der Waals surface area contributed by atoms with Crippen LogP contribution in [0.15, 0.2) is 75.0 Å². The van der Waals surface area contributed by atoms with Crippen LogP contribution in [-0.2, 0) is 27.7 Å². The third-order valence-corrected chi connectivity index (χ3v) is 6.90. The van der Waals surface area contributed by atoms with E-state index in [1.54, 1.807) is 18.2 Å². The van der Waals surface area contributed by atoms with E-state index < -0.39 is 15.9 Å². The maximum absolute atomic E-state index is 12.4. The summed E-state index contributed by atoms with van der Waals surface area (Å²) in [5, 5.41) is 3.53. The summed E-state index contributed by atoms with van der Waals surface area (Å²) in [6, 6.07) is 12.4. The molecule has 4 aromatic rings. The molecule has 0 aliphatic heterocycles. The molecular weight excluding hydrogens is 472 g/mol. The predicted octanol–water partition coefficient (Wildman–Crippen LogP) is 2.89. The first-order chi connectivity index (χ1) is 16.9. The van der Waals surface area contributed by atoms with Crippen LogP contribution in [0.25, 0.3) is 11.0 Å².